The number of alkyl halides is 6. The van der Waals surface area contributed by atoms with E-state index in [1.165, 1.54) is 19.4 Å². The summed E-state index contributed by atoms with van der Waals surface area (Å²) in [5.74, 6) is -13.6. The number of carbonyl (C=O) groups excluding carboxylic acids is 2. The van der Waals surface area contributed by atoms with Crippen LogP contribution in [0, 0.1) is 17.5 Å². The van der Waals surface area contributed by atoms with Gasteiger partial charge in [0.05, 0.1) is 42.7 Å². The number of anilines is 1. The molecule has 0 fully saturated rings. The van der Waals surface area contributed by atoms with Crippen molar-refractivity contribution in [3.63, 3.8) is 0 Å². The molecule has 5 rings (SSSR count). The van der Waals surface area contributed by atoms with E-state index in [0.717, 1.165) is 24.3 Å². The fraction of sp³-hybridized carbons (Fsp3) is 0.382. The Hall–Kier alpha value is -5.24. The van der Waals surface area contributed by atoms with Gasteiger partial charge in [0, 0.05) is 44.3 Å². The minimum atomic E-state index is -4.10. The zero-order chi connectivity index (χ0) is 39.4. The highest BCUT2D eigenvalue weighted by molar-refractivity contribution is 5.94. The predicted molar refractivity (Wildman–Crippen MR) is 172 cm³/mol. The lowest BCUT2D eigenvalue weighted by atomic mass is 9.89. The first-order valence-corrected chi connectivity index (χ1v) is 16.2. The topological polar surface area (TPSA) is 146 Å². The summed E-state index contributed by atoms with van der Waals surface area (Å²) in [6.45, 7) is -0.428. The zero-order valence-corrected chi connectivity index (χ0v) is 28.3. The van der Waals surface area contributed by atoms with Gasteiger partial charge in [0.15, 0.2) is 0 Å². The largest absolute Gasteiger partial charge is 0.382 e. The summed E-state index contributed by atoms with van der Waals surface area (Å²) in [7, 11) is 1.48. The van der Waals surface area contributed by atoms with Crippen LogP contribution >= 0.6 is 0 Å². The van der Waals surface area contributed by atoms with Gasteiger partial charge < -0.3 is 25.8 Å². The number of ether oxygens (including phenoxy) is 2. The first-order valence-electron chi connectivity index (χ1n) is 16.2. The summed E-state index contributed by atoms with van der Waals surface area (Å²) in [4.78, 5) is 34.3. The lowest BCUT2D eigenvalue weighted by molar-refractivity contribution is -0.123. The highest BCUT2D eigenvalue weighted by Gasteiger charge is 2.55. The fourth-order valence-corrected chi connectivity index (χ4v) is 5.92. The molecule has 0 saturated heterocycles. The Morgan fingerprint density at radius 2 is 1.67 bits per heavy atom. The molecule has 0 aliphatic heterocycles. The van der Waals surface area contributed by atoms with E-state index in [-0.39, 0.29) is 52.8 Å². The van der Waals surface area contributed by atoms with Crippen molar-refractivity contribution >= 4 is 17.8 Å². The smallest absolute Gasteiger partial charge is 0.290 e. The number of rotatable bonds is 16. The molecule has 290 valence electrons. The van der Waals surface area contributed by atoms with Crippen molar-refractivity contribution in [1.82, 2.24) is 25.1 Å². The van der Waals surface area contributed by atoms with Crippen molar-refractivity contribution in [2.24, 2.45) is 5.73 Å². The number of primary amides is 1. The van der Waals surface area contributed by atoms with E-state index in [1.807, 2.05) is 0 Å². The molecule has 2 aromatic carbocycles. The van der Waals surface area contributed by atoms with E-state index in [1.54, 1.807) is 0 Å². The van der Waals surface area contributed by atoms with Gasteiger partial charge >= 0.3 is 0 Å². The van der Waals surface area contributed by atoms with Crippen LogP contribution in [0.1, 0.15) is 63.9 Å². The number of nitrogens with zero attached hydrogens (tertiary/aromatic N) is 4. The molecule has 2 aromatic heterocycles. The maximum absolute atomic E-state index is 15.1. The molecule has 4 N–H and O–H groups in total. The lowest BCUT2D eigenvalue weighted by Crippen LogP contribution is -2.37. The highest BCUT2D eigenvalue weighted by Crippen LogP contribution is 2.52. The van der Waals surface area contributed by atoms with E-state index in [4.69, 9.17) is 15.2 Å². The lowest BCUT2D eigenvalue weighted by Gasteiger charge is -2.29. The van der Waals surface area contributed by atoms with Gasteiger partial charge in [0.1, 0.15) is 35.4 Å². The van der Waals surface area contributed by atoms with Crippen LogP contribution in [-0.2, 0) is 39.1 Å². The summed E-state index contributed by atoms with van der Waals surface area (Å²) in [6.07, 6.45) is -5.81. The Labute approximate surface area is 301 Å². The number of hydrogen-bond acceptors (Lipinski definition) is 8. The molecule has 0 unspecified atom stereocenters. The van der Waals surface area contributed by atoms with Gasteiger partial charge in [-0.15, -0.1) is 0 Å². The van der Waals surface area contributed by atoms with Crippen LogP contribution in [-0.4, -0.2) is 65.0 Å². The van der Waals surface area contributed by atoms with Crippen LogP contribution in [0.2, 0.25) is 0 Å². The van der Waals surface area contributed by atoms with Crippen molar-refractivity contribution in [1.29, 1.82) is 0 Å². The number of hydrogen-bond donors (Lipinski definition) is 3. The zero-order valence-electron chi connectivity index (χ0n) is 28.3. The van der Waals surface area contributed by atoms with Crippen molar-refractivity contribution in [2.75, 3.05) is 38.8 Å². The number of aromatic nitrogens is 4. The summed E-state index contributed by atoms with van der Waals surface area (Å²) in [5, 5.41) is 8.63. The summed E-state index contributed by atoms with van der Waals surface area (Å²) in [5.41, 5.74) is -0.167. The van der Waals surface area contributed by atoms with E-state index in [9.17, 15) is 40.3 Å². The molecule has 2 heterocycles. The molecule has 0 bridgehead atoms. The normalized spacial score (nSPS) is 15.2. The number of benzene rings is 2. The minimum absolute atomic E-state index is 0.0178. The molecule has 0 saturated carbocycles. The molecule has 54 heavy (non-hydrogen) atoms. The van der Waals surface area contributed by atoms with Crippen molar-refractivity contribution in [2.45, 2.75) is 50.1 Å². The van der Waals surface area contributed by atoms with Gasteiger partial charge in [-0.25, -0.2) is 40.7 Å². The van der Waals surface area contributed by atoms with Crippen molar-refractivity contribution in [3.8, 4) is 11.1 Å². The number of halogens is 9. The molecular weight excluding hydrogens is 741 g/mol. The maximum Gasteiger partial charge on any atom is 0.290 e. The summed E-state index contributed by atoms with van der Waals surface area (Å²) in [6, 6.07) is 4.13. The Morgan fingerprint density at radius 3 is 2.33 bits per heavy atom. The molecule has 4 aromatic rings. The average Bonchev–Trinajstić information content (AvgIpc) is 3.50. The molecule has 0 radical (unpaired) electrons. The quantitative estimate of drug-likeness (QED) is 0.0937. The van der Waals surface area contributed by atoms with E-state index >= 15 is 8.78 Å². The molecule has 1 aliphatic rings. The molecular formula is C34H32F9N7O4. The molecule has 1 atom stereocenters. The van der Waals surface area contributed by atoms with E-state index < -0.39 is 102 Å². The van der Waals surface area contributed by atoms with Crippen molar-refractivity contribution in [3.05, 3.63) is 93.8 Å². The van der Waals surface area contributed by atoms with Gasteiger partial charge in [-0.2, -0.15) is 13.9 Å². The number of fused-ring (bicyclic) bond motifs is 1. The van der Waals surface area contributed by atoms with Gasteiger partial charge in [0.2, 0.25) is 11.9 Å². The molecule has 20 heteroatoms. The van der Waals surface area contributed by atoms with Gasteiger partial charge in [-0.05, 0) is 41.8 Å². The van der Waals surface area contributed by atoms with Crippen LogP contribution in [0.3, 0.4) is 0 Å². The van der Waals surface area contributed by atoms with E-state index in [2.05, 4.69) is 25.7 Å². The van der Waals surface area contributed by atoms with Crippen LogP contribution in [0.15, 0.2) is 42.6 Å². The third kappa shape index (κ3) is 9.09. The second-order valence-corrected chi connectivity index (χ2v) is 12.2. The molecule has 11 nitrogen and oxygen atoms in total. The Bertz CT molecular complexity index is 1990. The number of nitrogens with one attached hydrogen (secondary N) is 2. The van der Waals surface area contributed by atoms with Crippen LogP contribution in [0.25, 0.3) is 11.1 Å². The van der Waals surface area contributed by atoms with E-state index in [0.29, 0.717) is 12.7 Å². The third-order valence-electron chi connectivity index (χ3n) is 8.29. The summed E-state index contributed by atoms with van der Waals surface area (Å²) < 4.78 is 141. The van der Waals surface area contributed by atoms with Crippen LogP contribution in [0.5, 0.6) is 0 Å². The molecule has 1 aliphatic carbocycles. The monoisotopic (exact) mass is 773 g/mol. The minimum Gasteiger partial charge on any atom is -0.382 e. The number of methoxy groups -OCH3 is 1. The Kier molecular flexibility index (Phi) is 12.1. The fourth-order valence-electron chi connectivity index (χ4n) is 5.92. The Morgan fingerprint density at radius 1 is 0.963 bits per heavy atom. The Balaban J connectivity index is 1.59. The first-order chi connectivity index (χ1) is 25.5. The standard InChI is InChI=1S/C34H32F9N7O4/c1-53-8-9-54-7-6-45-32-46-15-22(18-2-3-23(37)21(13-18)31(44)52)27(48-32)24(12-17-10-19(35)14-20(36)11-17)47-25(51)16-50-29-26(28(49-50)30(38)39)33(40,41)4-5-34(29,42)43/h2-3,10-11,13-15,24,30H,4-9,12,16H2,1H3,(H2,44,52)(H,47,51)(H,45,46,48)/t24-/m0/s1. The van der Waals surface area contributed by atoms with Gasteiger partial charge in [0.25, 0.3) is 24.2 Å². The van der Waals surface area contributed by atoms with Gasteiger partial charge in [-0.1, -0.05) is 6.07 Å². The van der Waals surface area contributed by atoms with Crippen LogP contribution < -0.4 is 16.4 Å². The molecule has 2 amide bonds. The van der Waals surface area contributed by atoms with Gasteiger partial charge in [-0.3, -0.25) is 14.3 Å². The molecule has 0 spiro atoms. The number of carbonyl (C=O) groups is 2. The third-order valence-corrected chi connectivity index (χ3v) is 8.29. The predicted octanol–water partition coefficient (Wildman–Crippen LogP) is 5.95. The van der Waals surface area contributed by atoms with Crippen LogP contribution in [0.4, 0.5) is 45.5 Å². The highest BCUT2D eigenvalue weighted by atomic mass is 19.3. The first kappa shape index (κ1) is 40.0. The van der Waals surface area contributed by atoms with Crippen molar-refractivity contribution < 1.29 is 58.6 Å². The number of nitrogens with two attached hydrogens (primary N) is 1. The second kappa shape index (κ2) is 16.4. The summed E-state index contributed by atoms with van der Waals surface area (Å²) >= 11 is 0. The number of amides is 2. The second-order valence-electron chi connectivity index (χ2n) is 12.2. The SMILES string of the molecule is COCCOCCNc1ncc(-c2ccc(F)c(C(N)=O)c2)c([C@H](Cc2cc(F)cc(F)c2)NC(=O)Cn2nc(C(F)F)c3c2C(F)(F)CCC3(F)F)n1. The average molecular weight is 774 g/mol. The maximum atomic E-state index is 15.1.